The predicted molar refractivity (Wildman–Crippen MR) is 94.0 cm³/mol. The summed E-state index contributed by atoms with van der Waals surface area (Å²) < 4.78 is 5.72. The van der Waals surface area contributed by atoms with Gasteiger partial charge in [0.15, 0.2) is 6.61 Å². The van der Waals surface area contributed by atoms with Crippen molar-refractivity contribution in [1.29, 1.82) is 0 Å². The summed E-state index contributed by atoms with van der Waals surface area (Å²) in [5.74, 6) is 1.19. The van der Waals surface area contributed by atoms with E-state index in [-0.39, 0.29) is 12.5 Å². The van der Waals surface area contributed by atoms with Crippen LogP contribution in [-0.4, -0.2) is 43.1 Å². The van der Waals surface area contributed by atoms with Gasteiger partial charge in [0.05, 0.1) is 0 Å². The normalized spacial score (nSPS) is 15.8. The molecular weight excluding hydrogens is 288 g/mol. The van der Waals surface area contributed by atoms with E-state index in [0.29, 0.717) is 24.5 Å². The van der Waals surface area contributed by atoms with Crippen LogP contribution in [0.3, 0.4) is 0 Å². The van der Waals surface area contributed by atoms with Crippen LogP contribution in [0.5, 0.6) is 5.75 Å². The first-order valence-corrected chi connectivity index (χ1v) is 8.60. The van der Waals surface area contributed by atoms with Crippen molar-refractivity contribution < 1.29 is 9.53 Å². The molecule has 1 unspecified atom stereocenters. The lowest BCUT2D eigenvalue weighted by Crippen LogP contribution is -2.42. The first-order chi connectivity index (χ1) is 10.9. The fourth-order valence-corrected chi connectivity index (χ4v) is 2.57. The van der Waals surface area contributed by atoms with Crippen LogP contribution in [0.25, 0.3) is 0 Å². The number of nitrogens with one attached hydrogen (secondary N) is 1. The van der Waals surface area contributed by atoms with E-state index in [1.54, 1.807) is 0 Å². The monoisotopic (exact) mass is 318 g/mol. The maximum atomic E-state index is 12.0. The van der Waals surface area contributed by atoms with Gasteiger partial charge in [0.1, 0.15) is 5.75 Å². The topological polar surface area (TPSA) is 41.6 Å². The maximum Gasteiger partial charge on any atom is 0.257 e. The molecule has 128 valence electrons. The van der Waals surface area contributed by atoms with Crippen LogP contribution in [0.1, 0.15) is 50.7 Å². The number of carbonyl (C=O) groups is 1. The van der Waals surface area contributed by atoms with Crippen LogP contribution in [0.4, 0.5) is 0 Å². The van der Waals surface area contributed by atoms with Crippen LogP contribution in [0, 0.1) is 6.92 Å². The third-order valence-electron chi connectivity index (χ3n) is 4.65. The van der Waals surface area contributed by atoms with Crippen molar-refractivity contribution in [2.24, 2.45) is 0 Å². The third-order valence-corrected chi connectivity index (χ3v) is 4.65. The number of benzene rings is 1. The molecule has 1 saturated carbocycles. The Hall–Kier alpha value is -1.55. The van der Waals surface area contributed by atoms with Crippen molar-refractivity contribution in [3.63, 3.8) is 0 Å². The number of likely N-dealkylation sites (N-methyl/N-ethyl adjacent to an activating group) is 1. The van der Waals surface area contributed by atoms with E-state index < -0.39 is 0 Å². The number of nitrogens with zero attached hydrogens (tertiary/aromatic N) is 1. The highest BCUT2D eigenvalue weighted by molar-refractivity contribution is 5.77. The molecule has 1 amide bonds. The van der Waals surface area contributed by atoms with Crippen LogP contribution in [-0.2, 0) is 4.79 Å². The molecule has 1 aromatic rings. The average Bonchev–Trinajstić information content (AvgIpc) is 3.35. The van der Waals surface area contributed by atoms with Gasteiger partial charge in [-0.1, -0.05) is 26.0 Å². The second kappa shape index (κ2) is 7.82. The molecule has 1 fully saturated rings. The van der Waals surface area contributed by atoms with Gasteiger partial charge in [-0.3, -0.25) is 9.69 Å². The molecule has 1 N–H and O–H groups in total. The molecule has 4 nitrogen and oxygen atoms in total. The molecule has 1 aliphatic rings. The summed E-state index contributed by atoms with van der Waals surface area (Å²) >= 11 is 0. The van der Waals surface area contributed by atoms with Gasteiger partial charge >= 0.3 is 0 Å². The second-order valence-corrected chi connectivity index (χ2v) is 7.02. The standard InChI is InChI=1S/C19H30N2O2/c1-13(2)16-7-6-14(3)18(10-16)23-12-19(22)20-11-15(4)21(5)17-8-9-17/h6-7,10,13,15,17H,8-9,11-12H2,1-5H3,(H,20,22). The highest BCUT2D eigenvalue weighted by Crippen LogP contribution is 2.26. The SMILES string of the molecule is Cc1ccc(C(C)C)cc1OCC(=O)NCC(C)N(C)C1CC1. The first-order valence-electron chi connectivity index (χ1n) is 8.60. The number of hydrogen-bond donors (Lipinski definition) is 1. The van der Waals surface area contributed by atoms with Crippen molar-refractivity contribution >= 4 is 5.91 Å². The predicted octanol–water partition coefficient (Wildman–Crippen LogP) is 3.10. The molecule has 0 bridgehead atoms. The van der Waals surface area contributed by atoms with Crippen molar-refractivity contribution in [3.05, 3.63) is 29.3 Å². The summed E-state index contributed by atoms with van der Waals surface area (Å²) in [6.45, 7) is 9.19. The van der Waals surface area contributed by atoms with E-state index in [0.717, 1.165) is 11.3 Å². The van der Waals surface area contributed by atoms with Gasteiger partial charge in [0, 0.05) is 18.6 Å². The molecule has 4 heteroatoms. The van der Waals surface area contributed by atoms with Crippen molar-refractivity contribution in [2.45, 2.75) is 58.5 Å². The zero-order valence-electron chi connectivity index (χ0n) is 15.1. The van der Waals surface area contributed by atoms with Crippen LogP contribution in [0.2, 0.25) is 0 Å². The molecule has 1 aliphatic carbocycles. The number of amides is 1. The molecular formula is C19H30N2O2. The Bertz CT molecular complexity index is 538. The Morgan fingerprint density at radius 2 is 2.04 bits per heavy atom. The van der Waals surface area contributed by atoms with E-state index in [9.17, 15) is 4.79 Å². The lowest BCUT2D eigenvalue weighted by molar-refractivity contribution is -0.123. The van der Waals surface area contributed by atoms with Crippen LogP contribution in [0.15, 0.2) is 18.2 Å². The van der Waals surface area contributed by atoms with Gasteiger partial charge in [0.2, 0.25) is 0 Å². The molecule has 1 aromatic carbocycles. The molecule has 1 atom stereocenters. The Kier molecular flexibility index (Phi) is 6.05. The minimum Gasteiger partial charge on any atom is -0.483 e. The highest BCUT2D eigenvalue weighted by atomic mass is 16.5. The van der Waals surface area contributed by atoms with E-state index in [1.807, 2.05) is 13.0 Å². The fraction of sp³-hybridized carbons (Fsp3) is 0.632. The highest BCUT2D eigenvalue weighted by Gasteiger charge is 2.29. The third kappa shape index (κ3) is 5.24. The zero-order valence-corrected chi connectivity index (χ0v) is 15.1. The van der Waals surface area contributed by atoms with E-state index in [4.69, 9.17) is 4.74 Å². The van der Waals surface area contributed by atoms with Gasteiger partial charge < -0.3 is 10.1 Å². The molecule has 0 saturated heterocycles. The molecule has 0 spiro atoms. The lowest BCUT2D eigenvalue weighted by atomic mass is 10.0. The van der Waals surface area contributed by atoms with Crippen molar-refractivity contribution in [3.8, 4) is 5.75 Å². The van der Waals surface area contributed by atoms with E-state index in [1.165, 1.54) is 18.4 Å². The lowest BCUT2D eigenvalue weighted by Gasteiger charge is -2.24. The van der Waals surface area contributed by atoms with E-state index in [2.05, 4.69) is 50.2 Å². The van der Waals surface area contributed by atoms with Gasteiger partial charge in [-0.25, -0.2) is 0 Å². The fourth-order valence-electron chi connectivity index (χ4n) is 2.57. The quantitative estimate of drug-likeness (QED) is 0.801. The number of aryl methyl sites for hydroxylation is 1. The Morgan fingerprint density at radius 3 is 2.65 bits per heavy atom. The first kappa shape index (κ1) is 17.8. The molecule has 0 aromatic heterocycles. The summed E-state index contributed by atoms with van der Waals surface area (Å²) in [6, 6.07) is 7.27. The summed E-state index contributed by atoms with van der Waals surface area (Å²) in [4.78, 5) is 14.3. The van der Waals surface area contributed by atoms with E-state index >= 15 is 0 Å². The molecule has 23 heavy (non-hydrogen) atoms. The Morgan fingerprint density at radius 1 is 1.35 bits per heavy atom. The average molecular weight is 318 g/mol. The smallest absolute Gasteiger partial charge is 0.257 e. The zero-order chi connectivity index (χ0) is 17.0. The van der Waals surface area contributed by atoms with Gasteiger partial charge in [-0.05, 0) is 56.8 Å². The van der Waals surface area contributed by atoms with Gasteiger partial charge in [-0.2, -0.15) is 0 Å². The molecule has 0 aliphatic heterocycles. The minimum absolute atomic E-state index is 0.0598. The number of carbonyl (C=O) groups excluding carboxylic acids is 1. The van der Waals surface area contributed by atoms with Crippen LogP contribution < -0.4 is 10.1 Å². The van der Waals surface area contributed by atoms with Crippen LogP contribution >= 0.6 is 0 Å². The number of ether oxygens (including phenoxy) is 1. The number of hydrogen-bond acceptors (Lipinski definition) is 3. The summed E-state index contributed by atoms with van der Waals surface area (Å²) in [7, 11) is 2.13. The second-order valence-electron chi connectivity index (χ2n) is 7.02. The van der Waals surface area contributed by atoms with Crippen molar-refractivity contribution in [2.75, 3.05) is 20.2 Å². The summed E-state index contributed by atoms with van der Waals surface area (Å²) in [5, 5.41) is 2.97. The maximum absolute atomic E-state index is 12.0. The van der Waals surface area contributed by atoms with Crippen molar-refractivity contribution in [1.82, 2.24) is 10.2 Å². The molecule has 0 radical (unpaired) electrons. The number of rotatable bonds is 8. The Labute approximate surface area is 140 Å². The largest absolute Gasteiger partial charge is 0.483 e. The molecule has 2 rings (SSSR count). The molecule has 0 heterocycles. The Balaban J connectivity index is 1.78. The van der Waals surface area contributed by atoms with Gasteiger partial charge in [-0.15, -0.1) is 0 Å². The summed E-state index contributed by atoms with van der Waals surface area (Å²) in [6.07, 6.45) is 2.56. The minimum atomic E-state index is -0.0598. The van der Waals surface area contributed by atoms with Gasteiger partial charge in [0.25, 0.3) is 5.91 Å². The summed E-state index contributed by atoms with van der Waals surface area (Å²) in [5.41, 5.74) is 2.29.